The van der Waals surface area contributed by atoms with Gasteiger partial charge >= 0.3 is 0 Å². The number of rotatable bonds is 5. The number of halogens is 1. The number of hydrogen-bond donors (Lipinski definition) is 1. The molecule has 0 heterocycles. The first-order valence-corrected chi connectivity index (χ1v) is 8.60. The van der Waals surface area contributed by atoms with Gasteiger partial charge in [0, 0.05) is 21.6 Å². The summed E-state index contributed by atoms with van der Waals surface area (Å²) >= 11 is 7.75. The number of hydrogen-bond acceptors (Lipinski definition) is 3. The normalized spacial score (nSPS) is 21.5. The smallest absolute Gasteiger partial charge is 0.224 e. The van der Waals surface area contributed by atoms with Crippen molar-refractivity contribution in [3.05, 3.63) is 29.3 Å². The Balaban J connectivity index is 1.92. The number of carbonyl (C=O) groups excluding carboxylic acids is 1. The zero-order valence-corrected chi connectivity index (χ0v) is 13.4. The molecule has 1 aliphatic carbocycles. The maximum Gasteiger partial charge on any atom is 0.224 e. The van der Waals surface area contributed by atoms with Crippen LogP contribution in [0.4, 0.5) is 0 Å². The summed E-state index contributed by atoms with van der Waals surface area (Å²) in [6.45, 7) is 0.101. The fourth-order valence-electron chi connectivity index (χ4n) is 2.77. The third kappa shape index (κ3) is 4.94. The van der Waals surface area contributed by atoms with Gasteiger partial charge in [0.2, 0.25) is 5.91 Å². The summed E-state index contributed by atoms with van der Waals surface area (Å²) in [6.07, 6.45) is 4.29. The van der Waals surface area contributed by atoms with E-state index in [0.29, 0.717) is 5.92 Å². The summed E-state index contributed by atoms with van der Waals surface area (Å²) in [4.78, 5) is 13.3. The summed E-state index contributed by atoms with van der Waals surface area (Å²) in [5.74, 6) is 1.37. The number of carbonyl (C=O) groups is 1. The molecular formula is C16H19ClN2OS. The molecule has 0 unspecified atom stereocenters. The molecule has 0 bridgehead atoms. The fourth-order valence-corrected chi connectivity index (χ4v) is 4.22. The van der Waals surface area contributed by atoms with Crippen LogP contribution >= 0.6 is 23.4 Å². The van der Waals surface area contributed by atoms with Crippen molar-refractivity contribution >= 4 is 29.3 Å². The topological polar surface area (TPSA) is 52.9 Å². The van der Waals surface area contributed by atoms with Gasteiger partial charge in [-0.2, -0.15) is 5.26 Å². The van der Waals surface area contributed by atoms with Crippen LogP contribution in [0.1, 0.15) is 25.7 Å². The van der Waals surface area contributed by atoms with Gasteiger partial charge in [0.15, 0.2) is 0 Å². The van der Waals surface area contributed by atoms with Gasteiger partial charge in [-0.05, 0) is 37.0 Å². The zero-order valence-electron chi connectivity index (χ0n) is 11.8. The van der Waals surface area contributed by atoms with E-state index in [1.54, 1.807) is 11.8 Å². The highest BCUT2D eigenvalue weighted by Crippen LogP contribution is 2.35. The van der Waals surface area contributed by atoms with Crippen molar-refractivity contribution in [3.63, 3.8) is 0 Å². The standard InChI is InChI=1S/C16H19ClN2OS/c17-13-5-3-6-14(10-13)21-11-12-4-1-2-7-15(12)16(20)19-9-8-18/h3,5-6,10,12,15H,1-2,4,7,9,11H2,(H,19,20)/t12-,15+/m0/s1. The van der Waals surface area contributed by atoms with Crippen molar-refractivity contribution in [1.29, 1.82) is 5.26 Å². The monoisotopic (exact) mass is 322 g/mol. The Kier molecular flexibility index (Phi) is 6.41. The van der Waals surface area contributed by atoms with Crippen LogP contribution in [-0.2, 0) is 4.79 Å². The Morgan fingerprint density at radius 1 is 1.43 bits per heavy atom. The summed E-state index contributed by atoms with van der Waals surface area (Å²) in [5.41, 5.74) is 0. The van der Waals surface area contributed by atoms with Crippen LogP contribution in [0.25, 0.3) is 0 Å². The number of nitriles is 1. The SMILES string of the molecule is N#CCNC(=O)[C@@H]1CCCC[C@H]1CSc1cccc(Cl)c1. The highest BCUT2D eigenvalue weighted by atomic mass is 35.5. The van der Waals surface area contributed by atoms with Crippen LogP contribution in [0.3, 0.4) is 0 Å². The minimum Gasteiger partial charge on any atom is -0.343 e. The van der Waals surface area contributed by atoms with Gasteiger partial charge < -0.3 is 5.32 Å². The van der Waals surface area contributed by atoms with E-state index in [9.17, 15) is 4.79 Å². The van der Waals surface area contributed by atoms with Crippen LogP contribution in [0.2, 0.25) is 5.02 Å². The summed E-state index contributed by atoms with van der Waals surface area (Å²) < 4.78 is 0. The molecule has 2 rings (SSSR count). The lowest BCUT2D eigenvalue weighted by Gasteiger charge is -2.30. The van der Waals surface area contributed by atoms with Crippen molar-refractivity contribution in [3.8, 4) is 6.07 Å². The van der Waals surface area contributed by atoms with E-state index < -0.39 is 0 Å². The van der Waals surface area contributed by atoms with Gasteiger partial charge in [-0.15, -0.1) is 11.8 Å². The number of thioether (sulfide) groups is 1. The number of nitrogens with one attached hydrogen (secondary N) is 1. The Morgan fingerprint density at radius 3 is 3.00 bits per heavy atom. The Bertz CT molecular complexity index is 529. The van der Waals surface area contributed by atoms with Gasteiger partial charge in [-0.3, -0.25) is 4.79 Å². The average Bonchev–Trinajstić information content (AvgIpc) is 2.51. The molecule has 0 aliphatic heterocycles. The predicted molar refractivity (Wildman–Crippen MR) is 86.2 cm³/mol. The second-order valence-corrected chi connectivity index (χ2v) is 6.83. The van der Waals surface area contributed by atoms with E-state index >= 15 is 0 Å². The van der Waals surface area contributed by atoms with Crippen LogP contribution in [0.5, 0.6) is 0 Å². The van der Waals surface area contributed by atoms with Crippen LogP contribution in [0, 0.1) is 23.2 Å². The van der Waals surface area contributed by atoms with E-state index in [1.165, 1.54) is 6.42 Å². The molecule has 3 nitrogen and oxygen atoms in total. The van der Waals surface area contributed by atoms with Crippen LogP contribution in [0.15, 0.2) is 29.2 Å². The number of benzene rings is 1. The lowest BCUT2D eigenvalue weighted by atomic mass is 9.80. The minimum atomic E-state index is 0.0351. The molecule has 1 aromatic rings. The molecular weight excluding hydrogens is 304 g/mol. The number of amides is 1. The van der Waals surface area contributed by atoms with Crippen molar-refractivity contribution < 1.29 is 4.79 Å². The van der Waals surface area contributed by atoms with Crippen molar-refractivity contribution in [2.45, 2.75) is 30.6 Å². The molecule has 1 aliphatic rings. The molecule has 1 fully saturated rings. The third-order valence-corrected chi connectivity index (χ3v) is 5.26. The second-order valence-electron chi connectivity index (χ2n) is 5.30. The predicted octanol–water partition coefficient (Wildman–Crippen LogP) is 3.88. The second kappa shape index (κ2) is 8.31. The lowest BCUT2D eigenvalue weighted by molar-refractivity contribution is -0.127. The summed E-state index contributed by atoms with van der Waals surface area (Å²) in [5, 5.41) is 12.0. The van der Waals surface area contributed by atoms with E-state index in [2.05, 4.69) is 5.32 Å². The quantitative estimate of drug-likeness (QED) is 0.661. The first-order valence-electron chi connectivity index (χ1n) is 7.23. The molecule has 112 valence electrons. The molecule has 0 aromatic heterocycles. The molecule has 1 N–H and O–H groups in total. The molecule has 1 saturated carbocycles. The maximum absolute atomic E-state index is 12.1. The first kappa shape index (κ1) is 16.2. The third-order valence-electron chi connectivity index (χ3n) is 3.85. The maximum atomic E-state index is 12.1. The van der Waals surface area contributed by atoms with Crippen molar-refractivity contribution in [2.75, 3.05) is 12.3 Å². The first-order chi connectivity index (χ1) is 10.2. The van der Waals surface area contributed by atoms with Gasteiger partial charge in [0.25, 0.3) is 0 Å². The van der Waals surface area contributed by atoms with Gasteiger partial charge in [-0.25, -0.2) is 0 Å². The molecule has 0 saturated heterocycles. The molecule has 0 radical (unpaired) electrons. The van der Waals surface area contributed by atoms with Gasteiger partial charge in [0.05, 0.1) is 6.07 Å². The summed E-state index contributed by atoms with van der Waals surface area (Å²) in [7, 11) is 0. The molecule has 1 aromatic carbocycles. The van der Waals surface area contributed by atoms with Gasteiger partial charge in [0.1, 0.15) is 6.54 Å². The lowest BCUT2D eigenvalue weighted by Crippen LogP contribution is -2.37. The zero-order chi connectivity index (χ0) is 15.1. The molecule has 21 heavy (non-hydrogen) atoms. The summed E-state index contributed by atoms with van der Waals surface area (Å²) in [6, 6.07) is 9.78. The number of nitrogens with zero attached hydrogens (tertiary/aromatic N) is 1. The van der Waals surface area contributed by atoms with E-state index in [4.69, 9.17) is 16.9 Å². The molecule has 5 heteroatoms. The fraction of sp³-hybridized carbons (Fsp3) is 0.500. The van der Waals surface area contributed by atoms with Crippen molar-refractivity contribution in [1.82, 2.24) is 5.32 Å². The Morgan fingerprint density at radius 2 is 2.24 bits per heavy atom. The Labute approximate surface area is 135 Å². The highest BCUT2D eigenvalue weighted by Gasteiger charge is 2.30. The highest BCUT2D eigenvalue weighted by molar-refractivity contribution is 7.99. The molecule has 0 spiro atoms. The molecule has 1 amide bonds. The van der Waals surface area contributed by atoms with Crippen LogP contribution < -0.4 is 5.32 Å². The van der Waals surface area contributed by atoms with E-state index in [-0.39, 0.29) is 18.4 Å². The molecule has 2 atom stereocenters. The Hall–Kier alpha value is -1.18. The van der Waals surface area contributed by atoms with Crippen LogP contribution in [-0.4, -0.2) is 18.2 Å². The average molecular weight is 323 g/mol. The van der Waals surface area contributed by atoms with Gasteiger partial charge in [-0.1, -0.05) is 30.5 Å². The minimum absolute atomic E-state index is 0.0351. The van der Waals surface area contributed by atoms with E-state index in [0.717, 1.165) is 34.9 Å². The van der Waals surface area contributed by atoms with E-state index in [1.807, 2.05) is 30.3 Å². The largest absolute Gasteiger partial charge is 0.343 e. The van der Waals surface area contributed by atoms with Crippen molar-refractivity contribution in [2.24, 2.45) is 11.8 Å².